The highest BCUT2D eigenvalue weighted by Gasteiger charge is 2.24. The number of hydrogen-bond acceptors (Lipinski definition) is 4. The number of benzene rings is 1. The first kappa shape index (κ1) is 21.5. The summed E-state index contributed by atoms with van der Waals surface area (Å²) >= 11 is 0. The Balaban J connectivity index is 0.00000312. The predicted octanol–water partition coefficient (Wildman–Crippen LogP) is 2.85. The van der Waals surface area contributed by atoms with Crippen LogP contribution in [0.25, 0.3) is 0 Å². The number of ether oxygens (including phenoxy) is 1. The molecule has 1 heterocycles. The number of methoxy groups -OCH3 is 1. The lowest BCUT2D eigenvalue weighted by molar-refractivity contribution is -0.141. The van der Waals surface area contributed by atoms with Crippen molar-refractivity contribution in [2.24, 2.45) is 11.8 Å². The standard InChI is InChI=1S/C19H28N2O3.ClH/c1-14(15-8-10-20-11-9-15)12-18(22)21-17(13-19(23)24-2)16-6-4-3-5-7-16;/h3-7,14-15,17,20H,8-13H2,1-2H3,(H,21,22);1H. The van der Waals surface area contributed by atoms with Crippen molar-refractivity contribution >= 4 is 24.3 Å². The molecule has 0 spiro atoms. The third kappa shape index (κ3) is 7.04. The SMILES string of the molecule is COC(=O)CC(NC(=O)CC(C)C1CCNCC1)c1ccccc1.Cl. The molecular formula is C19H29ClN2O3. The predicted molar refractivity (Wildman–Crippen MR) is 101 cm³/mol. The van der Waals surface area contributed by atoms with Crippen LogP contribution in [0, 0.1) is 11.8 Å². The fraction of sp³-hybridized carbons (Fsp3) is 0.579. The number of esters is 1. The summed E-state index contributed by atoms with van der Waals surface area (Å²) in [6, 6.07) is 9.23. The maximum Gasteiger partial charge on any atom is 0.307 e. The number of carbonyl (C=O) groups excluding carboxylic acids is 2. The average Bonchev–Trinajstić information content (AvgIpc) is 2.62. The Morgan fingerprint density at radius 3 is 2.44 bits per heavy atom. The molecule has 6 heteroatoms. The van der Waals surface area contributed by atoms with Gasteiger partial charge in [0.15, 0.2) is 0 Å². The van der Waals surface area contributed by atoms with Crippen LogP contribution in [-0.4, -0.2) is 32.1 Å². The summed E-state index contributed by atoms with van der Waals surface area (Å²) in [5.41, 5.74) is 0.922. The fourth-order valence-corrected chi connectivity index (χ4v) is 3.31. The van der Waals surface area contributed by atoms with Crippen LogP contribution >= 0.6 is 12.4 Å². The Hall–Kier alpha value is -1.59. The number of halogens is 1. The molecule has 5 nitrogen and oxygen atoms in total. The van der Waals surface area contributed by atoms with Gasteiger partial charge < -0.3 is 15.4 Å². The lowest BCUT2D eigenvalue weighted by Gasteiger charge is -2.28. The topological polar surface area (TPSA) is 67.4 Å². The van der Waals surface area contributed by atoms with Crippen LogP contribution in [0.3, 0.4) is 0 Å². The van der Waals surface area contributed by atoms with E-state index in [2.05, 4.69) is 17.6 Å². The summed E-state index contributed by atoms with van der Waals surface area (Å²) < 4.78 is 4.76. The molecule has 0 aromatic heterocycles. The summed E-state index contributed by atoms with van der Waals surface area (Å²) in [7, 11) is 1.37. The van der Waals surface area contributed by atoms with E-state index in [9.17, 15) is 9.59 Å². The van der Waals surface area contributed by atoms with Crippen LogP contribution in [0.1, 0.15) is 44.2 Å². The number of hydrogen-bond donors (Lipinski definition) is 2. The van der Waals surface area contributed by atoms with Crippen molar-refractivity contribution in [3.8, 4) is 0 Å². The van der Waals surface area contributed by atoms with E-state index >= 15 is 0 Å². The number of rotatable bonds is 7. The third-order valence-corrected chi connectivity index (χ3v) is 4.83. The van der Waals surface area contributed by atoms with Crippen molar-refractivity contribution in [2.75, 3.05) is 20.2 Å². The highest BCUT2D eigenvalue weighted by molar-refractivity contribution is 5.85. The summed E-state index contributed by atoms with van der Waals surface area (Å²) in [4.78, 5) is 24.1. The maximum atomic E-state index is 12.5. The molecule has 2 rings (SSSR count). The minimum atomic E-state index is -0.341. The number of amides is 1. The van der Waals surface area contributed by atoms with Crippen LogP contribution in [0.15, 0.2) is 30.3 Å². The number of carbonyl (C=O) groups is 2. The maximum absolute atomic E-state index is 12.5. The monoisotopic (exact) mass is 368 g/mol. The van der Waals surface area contributed by atoms with E-state index in [-0.39, 0.29) is 36.7 Å². The quantitative estimate of drug-likeness (QED) is 0.726. The third-order valence-electron chi connectivity index (χ3n) is 4.83. The van der Waals surface area contributed by atoms with Gasteiger partial charge in [-0.05, 0) is 43.3 Å². The Kier molecular flexibility index (Phi) is 9.53. The van der Waals surface area contributed by atoms with Crippen molar-refractivity contribution in [3.05, 3.63) is 35.9 Å². The van der Waals surface area contributed by atoms with Crippen molar-refractivity contribution in [2.45, 2.75) is 38.6 Å². The molecule has 1 amide bonds. The van der Waals surface area contributed by atoms with Gasteiger partial charge in [0, 0.05) is 6.42 Å². The normalized spacial score (nSPS) is 17.0. The highest BCUT2D eigenvalue weighted by Crippen LogP contribution is 2.25. The first-order chi connectivity index (χ1) is 11.6. The Morgan fingerprint density at radius 2 is 1.84 bits per heavy atom. The fourth-order valence-electron chi connectivity index (χ4n) is 3.31. The first-order valence-corrected chi connectivity index (χ1v) is 8.72. The summed E-state index contributed by atoms with van der Waals surface area (Å²) in [5.74, 6) is 0.615. The molecule has 0 saturated carbocycles. The molecule has 2 unspecified atom stereocenters. The molecule has 140 valence electrons. The number of nitrogens with one attached hydrogen (secondary N) is 2. The van der Waals surface area contributed by atoms with Crippen LogP contribution < -0.4 is 10.6 Å². The molecule has 1 saturated heterocycles. The number of piperidine rings is 1. The molecule has 25 heavy (non-hydrogen) atoms. The molecule has 2 atom stereocenters. The first-order valence-electron chi connectivity index (χ1n) is 8.72. The lowest BCUT2D eigenvalue weighted by atomic mass is 9.84. The van der Waals surface area contributed by atoms with Gasteiger partial charge in [-0.1, -0.05) is 37.3 Å². The Labute approximate surface area is 156 Å². The van der Waals surface area contributed by atoms with E-state index in [1.807, 2.05) is 30.3 Å². The molecule has 1 aromatic rings. The molecule has 0 bridgehead atoms. The van der Waals surface area contributed by atoms with Gasteiger partial charge in [0.05, 0.1) is 19.6 Å². The second-order valence-corrected chi connectivity index (χ2v) is 6.58. The molecule has 2 N–H and O–H groups in total. The minimum Gasteiger partial charge on any atom is -0.469 e. The summed E-state index contributed by atoms with van der Waals surface area (Å²) in [5, 5.41) is 6.37. The van der Waals surface area contributed by atoms with E-state index in [0.29, 0.717) is 18.3 Å². The summed E-state index contributed by atoms with van der Waals surface area (Å²) in [6.45, 7) is 4.21. The van der Waals surface area contributed by atoms with Crippen molar-refractivity contribution in [1.29, 1.82) is 0 Å². The van der Waals surface area contributed by atoms with E-state index in [1.165, 1.54) is 7.11 Å². The van der Waals surface area contributed by atoms with E-state index in [4.69, 9.17) is 4.74 Å². The largest absolute Gasteiger partial charge is 0.469 e. The zero-order chi connectivity index (χ0) is 17.4. The van der Waals surface area contributed by atoms with E-state index in [1.54, 1.807) is 0 Å². The lowest BCUT2D eigenvalue weighted by Crippen LogP contribution is -2.35. The van der Waals surface area contributed by atoms with Gasteiger partial charge in [-0.15, -0.1) is 12.4 Å². The minimum absolute atomic E-state index is 0. The molecule has 1 aromatic carbocycles. The van der Waals surface area contributed by atoms with Gasteiger partial charge in [0.1, 0.15) is 0 Å². The van der Waals surface area contributed by atoms with Crippen molar-refractivity contribution < 1.29 is 14.3 Å². The zero-order valence-corrected chi connectivity index (χ0v) is 15.8. The molecule has 0 aliphatic carbocycles. The molecule has 1 fully saturated rings. The van der Waals surface area contributed by atoms with Gasteiger partial charge in [-0.3, -0.25) is 9.59 Å². The second kappa shape index (κ2) is 11.1. The van der Waals surface area contributed by atoms with Gasteiger partial charge in [0.2, 0.25) is 5.91 Å². The van der Waals surface area contributed by atoms with Crippen LogP contribution in [0.5, 0.6) is 0 Å². The Bertz CT molecular complexity index is 533. The van der Waals surface area contributed by atoms with Gasteiger partial charge in [-0.2, -0.15) is 0 Å². The highest BCUT2D eigenvalue weighted by atomic mass is 35.5. The smallest absolute Gasteiger partial charge is 0.307 e. The molecule has 0 radical (unpaired) electrons. The van der Waals surface area contributed by atoms with Gasteiger partial charge in [0.25, 0.3) is 0 Å². The molecular weight excluding hydrogens is 340 g/mol. The van der Waals surface area contributed by atoms with E-state index in [0.717, 1.165) is 31.5 Å². The second-order valence-electron chi connectivity index (χ2n) is 6.58. The van der Waals surface area contributed by atoms with E-state index < -0.39 is 0 Å². The van der Waals surface area contributed by atoms with Crippen LogP contribution in [0.2, 0.25) is 0 Å². The van der Waals surface area contributed by atoms with Gasteiger partial charge in [-0.25, -0.2) is 0 Å². The van der Waals surface area contributed by atoms with Crippen LogP contribution in [0.4, 0.5) is 0 Å². The summed E-state index contributed by atoms with van der Waals surface area (Å²) in [6.07, 6.45) is 2.89. The van der Waals surface area contributed by atoms with Crippen molar-refractivity contribution in [1.82, 2.24) is 10.6 Å². The molecule has 1 aliphatic rings. The average molecular weight is 369 g/mol. The van der Waals surface area contributed by atoms with Gasteiger partial charge >= 0.3 is 5.97 Å². The van der Waals surface area contributed by atoms with Crippen molar-refractivity contribution in [3.63, 3.8) is 0 Å². The molecule has 1 aliphatic heterocycles. The van der Waals surface area contributed by atoms with Crippen LogP contribution in [-0.2, 0) is 14.3 Å². The zero-order valence-electron chi connectivity index (χ0n) is 15.0. The Morgan fingerprint density at radius 1 is 1.20 bits per heavy atom.